The third-order valence-corrected chi connectivity index (χ3v) is 5.58. The molecule has 1 aromatic rings. The number of fused-ring (bicyclic) bond motifs is 1. The van der Waals surface area contributed by atoms with Crippen LogP contribution in [0.15, 0.2) is 21.8 Å². The molecule has 2 amide bonds. The fourth-order valence-electron chi connectivity index (χ4n) is 2.55. The van der Waals surface area contributed by atoms with Crippen LogP contribution in [0.2, 0.25) is 0 Å². The van der Waals surface area contributed by atoms with Crippen molar-refractivity contribution in [2.45, 2.75) is 18.3 Å². The molecule has 0 aromatic carbocycles. The van der Waals surface area contributed by atoms with Gasteiger partial charge in [0.1, 0.15) is 29.9 Å². The monoisotopic (exact) mass is 383 g/mol. The summed E-state index contributed by atoms with van der Waals surface area (Å²) in [5.41, 5.74) is 0.718. The minimum absolute atomic E-state index is 0.0197. The second-order valence-electron chi connectivity index (χ2n) is 5.21. The maximum absolute atomic E-state index is 12.4. The fraction of sp³-hybridized carbons (Fsp3) is 0.385. The van der Waals surface area contributed by atoms with Gasteiger partial charge in [-0.15, -0.1) is 16.9 Å². The number of hydrogen-bond donors (Lipinski definition) is 2. The minimum Gasteiger partial charge on any atom is -0.477 e. The zero-order valence-electron chi connectivity index (χ0n) is 13.1. The Balaban J connectivity index is 1.77. The number of aromatic nitrogens is 2. The van der Waals surface area contributed by atoms with Crippen molar-refractivity contribution >= 4 is 46.8 Å². The van der Waals surface area contributed by atoms with E-state index in [0.29, 0.717) is 11.3 Å². The van der Waals surface area contributed by atoms with Crippen LogP contribution in [-0.2, 0) is 19.2 Å². The lowest BCUT2D eigenvalue weighted by Gasteiger charge is -2.49. The van der Waals surface area contributed by atoms with E-state index in [1.807, 2.05) is 0 Å². The van der Waals surface area contributed by atoms with Gasteiger partial charge in [0, 0.05) is 11.1 Å². The molecule has 0 radical (unpaired) electrons. The van der Waals surface area contributed by atoms with Crippen LogP contribution in [-0.4, -0.2) is 67.4 Å². The molecule has 12 heteroatoms. The molecule has 0 bridgehead atoms. The van der Waals surface area contributed by atoms with E-state index in [2.05, 4.69) is 24.9 Å². The van der Waals surface area contributed by atoms with E-state index in [9.17, 15) is 19.5 Å². The molecule has 1 fully saturated rings. The normalized spacial score (nSPS) is 23.0. The van der Waals surface area contributed by atoms with Gasteiger partial charge in [0.25, 0.3) is 11.8 Å². The molecule has 1 aromatic heterocycles. The van der Waals surface area contributed by atoms with Gasteiger partial charge in [0.15, 0.2) is 5.71 Å². The largest absolute Gasteiger partial charge is 0.477 e. The van der Waals surface area contributed by atoms with Crippen LogP contribution in [0.4, 0.5) is 0 Å². The van der Waals surface area contributed by atoms with Crippen molar-refractivity contribution in [2.75, 3.05) is 12.9 Å². The molecular weight excluding hydrogens is 370 g/mol. The number of nitrogens with zero attached hydrogens (tertiary/aromatic N) is 4. The van der Waals surface area contributed by atoms with Gasteiger partial charge in [-0.2, -0.15) is 0 Å². The van der Waals surface area contributed by atoms with Gasteiger partial charge in [-0.25, -0.2) is 4.79 Å². The topological polar surface area (TPSA) is 134 Å². The van der Waals surface area contributed by atoms with E-state index in [1.165, 1.54) is 29.2 Å². The second-order valence-corrected chi connectivity index (χ2v) is 6.92. The van der Waals surface area contributed by atoms with Crippen molar-refractivity contribution < 1.29 is 24.3 Å². The molecule has 25 heavy (non-hydrogen) atoms. The van der Waals surface area contributed by atoms with Crippen LogP contribution >= 0.6 is 23.3 Å². The Hall–Kier alpha value is -2.47. The molecule has 3 heterocycles. The lowest BCUT2D eigenvalue weighted by atomic mass is 10.0. The van der Waals surface area contributed by atoms with Crippen molar-refractivity contribution in [1.82, 2.24) is 19.8 Å². The number of carbonyl (C=O) groups is 3. The number of thioether (sulfide) groups is 1. The maximum Gasteiger partial charge on any atom is 0.352 e. The second kappa shape index (κ2) is 6.80. The first-order valence-corrected chi connectivity index (χ1v) is 8.91. The van der Waals surface area contributed by atoms with Gasteiger partial charge in [-0.3, -0.25) is 14.5 Å². The standard InChI is InChI=1S/C13H13N5O5S2/c1-5-3-24-12-8(11(20)18(12)9(5)13(21)22)14-10(19)7(16-23-2)6-4-25-17-15-6/h4,8,12H,3H2,1-2H3,(H,14,19)(H,21,22)/t8?,12-/m1/s1. The zero-order valence-corrected chi connectivity index (χ0v) is 14.8. The highest BCUT2D eigenvalue weighted by molar-refractivity contribution is 8.00. The molecule has 3 rings (SSSR count). The first-order valence-electron chi connectivity index (χ1n) is 7.02. The van der Waals surface area contributed by atoms with E-state index in [1.54, 1.807) is 6.92 Å². The first-order chi connectivity index (χ1) is 12.0. The third kappa shape index (κ3) is 2.98. The summed E-state index contributed by atoms with van der Waals surface area (Å²) in [7, 11) is 1.28. The summed E-state index contributed by atoms with van der Waals surface area (Å²) in [6.07, 6.45) is 0. The molecule has 1 unspecified atom stereocenters. The maximum atomic E-state index is 12.4. The van der Waals surface area contributed by atoms with E-state index in [-0.39, 0.29) is 17.1 Å². The molecule has 132 valence electrons. The summed E-state index contributed by atoms with van der Waals surface area (Å²) in [6, 6.07) is -0.839. The Kier molecular flexibility index (Phi) is 4.72. The van der Waals surface area contributed by atoms with Crippen molar-refractivity contribution in [2.24, 2.45) is 5.16 Å². The molecular formula is C13H13N5O5S2. The average molecular weight is 383 g/mol. The number of carboxylic acid groups (broad SMARTS) is 1. The highest BCUT2D eigenvalue weighted by atomic mass is 32.2. The van der Waals surface area contributed by atoms with Crippen molar-refractivity contribution in [1.29, 1.82) is 0 Å². The van der Waals surface area contributed by atoms with E-state index in [4.69, 9.17) is 0 Å². The van der Waals surface area contributed by atoms with E-state index < -0.39 is 29.2 Å². The molecule has 2 N–H and O–H groups in total. The first kappa shape index (κ1) is 17.4. The molecule has 0 saturated carbocycles. The Morgan fingerprint density at radius 2 is 2.28 bits per heavy atom. The van der Waals surface area contributed by atoms with Gasteiger partial charge in [-0.1, -0.05) is 9.64 Å². The quantitative estimate of drug-likeness (QED) is 0.400. The number of carboxylic acids is 1. The Morgan fingerprint density at radius 3 is 2.88 bits per heavy atom. The lowest BCUT2D eigenvalue weighted by molar-refractivity contribution is -0.150. The highest BCUT2D eigenvalue weighted by Gasteiger charge is 2.54. The van der Waals surface area contributed by atoms with Crippen LogP contribution in [0, 0.1) is 0 Å². The number of rotatable bonds is 5. The Labute approximate surface area is 150 Å². The Morgan fingerprint density at radius 1 is 1.52 bits per heavy atom. The fourth-order valence-corrected chi connectivity index (χ4v) is 4.28. The van der Waals surface area contributed by atoms with Crippen LogP contribution < -0.4 is 5.32 Å². The summed E-state index contributed by atoms with van der Waals surface area (Å²) in [5.74, 6) is -1.81. The van der Waals surface area contributed by atoms with Crippen LogP contribution in [0.5, 0.6) is 0 Å². The molecule has 2 aliphatic heterocycles. The highest BCUT2D eigenvalue weighted by Crippen LogP contribution is 2.40. The van der Waals surface area contributed by atoms with Crippen molar-refractivity contribution in [3.63, 3.8) is 0 Å². The molecule has 0 aliphatic carbocycles. The van der Waals surface area contributed by atoms with Crippen molar-refractivity contribution in [3.05, 3.63) is 22.3 Å². The SMILES string of the molecule is CON=C(C(=O)NC1C(=O)N2C(C(=O)O)=C(C)CS[C@H]12)c1csnn1. The van der Waals surface area contributed by atoms with Gasteiger partial charge in [0.05, 0.1) is 0 Å². The van der Waals surface area contributed by atoms with Gasteiger partial charge < -0.3 is 15.3 Å². The number of amides is 2. The van der Waals surface area contributed by atoms with E-state index in [0.717, 1.165) is 11.5 Å². The number of hydrogen-bond acceptors (Lipinski definition) is 9. The molecule has 2 aliphatic rings. The minimum atomic E-state index is -1.16. The smallest absolute Gasteiger partial charge is 0.352 e. The number of oxime groups is 1. The summed E-state index contributed by atoms with van der Waals surface area (Å²) < 4.78 is 3.66. The molecule has 1 saturated heterocycles. The third-order valence-electron chi connectivity index (χ3n) is 3.65. The number of β-lactam (4-membered cyclic amide) rings is 1. The number of aliphatic carboxylic acids is 1. The van der Waals surface area contributed by atoms with Crippen LogP contribution in [0.25, 0.3) is 0 Å². The number of nitrogens with one attached hydrogen (secondary N) is 1. The van der Waals surface area contributed by atoms with Crippen LogP contribution in [0.3, 0.4) is 0 Å². The zero-order chi connectivity index (χ0) is 18.1. The Bertz CT molecular complexity index is 791. The van der Waals surface area contributed by atoms with E-state index >= 15 is 0 Å². The van der Waals surface area contributed by atoms with Crippen LogP contribution in [0.1, 0.15) is 12.6 Å². The molecule has 10 nitrogen and oxygen atoms in total. The van der Waals surface area contributed by atoms with Gasteiger partial charge in [-0.05, 0) is 24.0 Å². The van der Waals surface area contributed by atoms with Crippen molar-refractivity contribution in [3.8, 4) is 0 Å². The predicted octanol–water partition coefficient (Wildman–Crippen LogP) is -0.353. The van der Waals surface area contributed by atoms with Gasteiger partial charge >= 0.3 is 5.97 Å². The predicted molar refractivity (Wildman–Crippen MR) is 88.8 cm³/mol. The molecule has 0 spiro atoms. The summed E-state index contributed by atoms with van der Waals surface area (Å²) >= 11 is 2.43. The summed E-state index contributed by atoms with van der Waals surface area (Å²) in [6.45, 7) is 1.67. The lowest BCUT2D eigenvalue weighted by Crippen LogP contribution is -2.71. The summed E-state index contributed by atoms with van der Waals surface area (Å²) in [5, 5.41) is 20.3. The number of carbonyl (C=O) groups excluding carboxylic acids is 2. The average Bonchev–Trinajstić information content (AvgIpc) is 3.10. The molecule has 2 atom stereocenters. The van der Waals surface area contributed by atoms with Gasteiger partial charge in [0.2, 0.25) is 0 Å². The summed E-state index contributed by atoms with van der Waals surface area (Å²) in [4.78, 5) is 42.0.